The molecule has 0 amide bonds. The third kappa shape index (κ3) is 3.39. The molecule has 1 aliphatic rings. The van der Waals surface area contributed by atoms with Gasteiger partial charge in [0.1, 0.15) is 4.90 Å². The summed E-state index contributed by atoms with van der Waals surface area (Å²) in [7, 11) is -3.58. The lowest BCUT2D eigenvalue weighted by Crippen LogP contribution is -2.40. The fourth-order valence-corrected chi connectivity index (χ4v) is 3.19. The number of nitrogens with one attached hydrogen (secondary N) is 2. The highest BCUT2D eigenvalue weighted by atomic mass is 35.5. The van der Waals surface area contributed by atoms with E-state index in [1.54, 1.807) is 12.1 Å². The van der Waals surface area contributed by atoms with E-state index in [0.29, 0.717) is 17.3 Å². The number of hydrogen-bond donors (Lipinski definition) is 2. The van der Waals surface area contributed by atoms with Gasteiger partial charge in [0.15, 0.2) is 0 Å². The number of sulfonamides is 1. The third-order valence-corrected chi connectivity index (χ3v) is 4.36. The number of nitrogens with zero attached hydrogens (tertiary/aromatic N) is 1. The Labute approximate surface area is 118 Å². The van der Waals surface area contributed by atoms with Crippen molar-refractivity contribution in [2.75, 3.05) is 11.9 Å². The van der Waals surface area contributed by atoms with Gasteiger partial charge in [-0.25, -0.2) is 13.1 Å². The number of aliphatic imine (C=N–C) groups is 1. The molecule has 0 radical (unpaired) electrons. The summed E-state index contributed by atoms with van der Waals surface area (Å²) in [5.41, 5.74) is 0.498. The molecule has 0 aliphatic carbocycles. The average molecular weight is 302 g/mol. The van der Waals surface area contributed by atoms with Gasteiger partial charge in [0.2, 0.25) is 5.96 Å². The van der Waals surface area contributed by atoms with Gasteiger partial charge in [0.05, 0.1) is 5.69 Å². The van der Waals surface area contributed by atoms with Crippen LogP contribution in [0.2, 0.25) is 5.02 Å². The van der Waals surface area contributed by atoms with Crippen LogP contribution in [0.4, 0.5) is 5.69 Å². The van der Waals surface area contributed by atoms with Gasteiger partial charge in [-0.3, -0.25) is 4.99 Å². The Morgan fingerprint density at radius 2 is 2.11 bits per heavy atom. The lowest BCUT2D eigenvalue weighted by atomic mass is 10.2. The van der Waals surface area contributed by atoms with Crippen molar-refractivity contribution in [1.29, 1.82) is 0 Å². The van der Waals surface area contributed by atoms with Gasteiger partial charge in [0.25, 0.3) is 10.0 Å². The van der Waals surface area contributed by atoms with Gasteiger partial charge in [-0.1, -0.05) is 31.4 Å². The second-order valence-electron chi connectivity index (χ2n) is 4.31. The minimum atomic E-state index is -3.58. The summed E-state index contributed by atoms with van der Waals surface area (Å²) in [5.74, 6) is 0.269. The Balaban J connectivity index is 2.21. The second-order valence-corrected chi connectivity index (χ2v) is 6.40. The van der Waals surface area contributed by atoms with E-state index in [2.05, 4.69) is 22.0 Å². The predicted octanol–water partition coefficient (Wildman–Crippen LogP) is 2.59. The molecule has 0 atom stereocenters. The Morgan fingerprint density at radius 3 is 2.84 bits per heavy atom. The van der Waals surface area contributed by atoms with Crippen molar-refractivity contribution in [3.63, 3.8) is 0 Å². The first kappa shape index (κ1) is 14.1. The first-order valence-electron chi connectivity index (χ1n) is 6.17. The van der Waals surface area contributed by atoms with Gasteiger partial charge in [-0.2, -0.15) is 0 Å². The van der Waals surface area contributed by atoms with Gasteiger partial charge >= 0.3 is 0 Å². The molecule has 2 N–H and O–H groups in total. The molecule has 0 spiro atoms. The lowest BCUT2D eigenvalue weighted by molar-refractivity contribution is 0.591. The molecule has 19 heavy (non-hydrogen) atoms. The van der Waals surface area contributed by atoms with Crippen molar-refractivity contribution in [2.45, 2.75) is 31.1 Å². The van der Waals surface area contributed by atoms with Crippen molar-refractivity contribution in [3.05, 3.63) is 23.2 Å². The van der Waals surface area contributed by atoms with Crippen molar-refractivity contribution < 1.29 is 8.42 Å². The summed E-state index contributed by atoms with van der Waals surface area (Å²) in [4.78, 5) is 4.37. The van der Waals surface area contributed by atoms with Crippen molar-refractivity contribution in [2.24, 2.45) is 4.99 Å². The Bertz CT molecular complexity index is 599. The molecule has 0 saturated carbocycles. The van der Waals surface area contributed by atoms with Crippen LogP contribution in [0.3, 0.4) is 0 Å². The molecule has 1 aromatic rings. The first-order valence-corrected chi connectivity index (χ1v) is 8.03. The molecule has 104 valence electrons. The number of unbranched alkanes of at least 4 members (excludes halogenated alkanes) is 2. The van der Waals surface area contributed by atoms with Gasteiger partial charge < -0.3 is 5.32 Å². The Hall–Kier alpha value is -1.27. The standard InChI is InChI=1S/C12H16ClN3O2S/c1-2-3-4-7-14-12-15-10-6-5-9(13)8-11(10)19(17,18)16-12/h5-6,8H,2-4,7H2,1H3,(H2,14,15,16). The molecule has 0 unspecified atom stereocenters. The largest absolute Gasteiger partial charge is 0.324 e. The van der Waals surface area contributed by atoms with Crippen LogP contribution in [0.1, 0.15) is 26.2 Å². The summed E-state index contributed by atoms with van der Waals surface area (Å²) in [5, 5.41) is 3.34. The second kappa shape index (κ2) is 5.79. The molecule has 0 fully saturated rings. The van der Waals surface area contributed by atoms with Crippen LogP contribution in [0.5, 0.6) is 0 Å². The van der Waals surface area contributed by atoms with E-state index >= 15 is 0 Å². The maximum absolute atomic E-state index is 12.0. The van der Waals surface area contributed by atoms with Crippen LogP contribution in [-0.2, 0) is 10.0 Å². The van der Waals surface area contributed by atoms with E-state index in [-0.39, 0.29) is 10.9 Å². The van der Waals surface area contributed by atoms with E-state index in [1.165, 1.54) is 6.07 Å². The lowest BCUT2D eigenvalue weighted by Gasteiger charge is -2.21. The molecule has 1 aliphatic heterocycles. The summed E-state index contributed by atoms with van der Waals surface area (Å²) < 4.78 is 26.5. The molecule has 0 aromatic heterocycles. The summed E-state index contributed by atoms with van der Waals surface area (Å²) in [6.07, 6.45) is 3.12. The van der Waals surface area contributed by atoms with E-state index < -0.39 is 10.0 Å². The van der Waals surface area contributed by atoms with Crippen LogP contribution in [-0.4, -0.2) is 20.9 Å². The minimum absolute atomic E-state index is 0.146. The van der Waals surface area contributed by atoms with E-state index in [4.69, 9.17) is 11.6 Å². The maximum atomic E-state index is 12.0. The highest BCUT2D eigenvalue weighted by Gasteiger charge is 2.26. The molecule has 0 bridgehead atoms. The molecular weight excluding hydrogens is 286 g/mol. The number of guanidine groups is 1. The topological polar surface area (TPSA) is 70.6 Å². The maximum Gasteiger partial charge on any atom is 0.266 e. The highest BCUT2D eigenvalue weighted by Crippen LogP contribution is 2.27. The van der Waals surface area contributed by atoms with Crippen molar-refractivity contribution in [1.82, 2.24) is 4.72 Å². The number of hydrogen-bond acceptors (Lipinski definition) is 3. The van der Waals surface area contributed by atoms with E-state index in [0.717, 1.165) is 19.3 Å². The van der Waals surface area contributed by atoms with E-state index in [1.807, 2.05) is 0 Å². The number of benzene rings is 1. The van der Waals surface area contributed by atoms with Gasteiger partial charge in [-0.05, 0) is 24.6 Å². The molecular formula is C12H16ClN3O2S. The smallest absolute Gasteiger partial charge is 0.266 e. The number of fused-ring (bicyclic) bond motifs is 1. The summed E-state index contributed by atoms with van der Waals surface area (Å²) in [6, 6.07) is 4.70. The number of rotatable bonds is 4. The van der Waals surface area contributed by atoms with Crippen molar-refractivity contribution in [3.8, 4) is 0 Å². The first-order chi connectivity index (χ1) is 9.03. The molecule has 7 heteroatoms. The summed E-state index contributed by atoms with van der Waals surface area (Å²) >= 11 is 5.81. The quantitative estimate of drug-likeness (QED) is 0.840. The van der Waals surface area contributed by atoms with Crippen LogP contribution in [0, 0.1) is 0 Å². The average Bonchev–Trinajstić information content (AvgIpc) is 2.35. The zero-order chi connectivity index (χ0) is 13.9. The summed E-state index contributed by atoms with van der Waals surface area (Å²) in [6.45, 7) is 2.70. The third-order valence-electron chi connectivity index (χ3n) is 2.75. The SMILES string of the molecule is CCCCCN=C1Nc2ccc(Cl)cc2S(=O)(=O)N1. The van der Waals surface area contributed by atoms with Crippen LogP contribution in [0.25, 0.3) is 0 Å². The van der Waals surface area contributed by atoms with Crippen LogP contribution in [0.15, 0.2) is 28.1 Å². The Kier molecular flexibility index (Phi) is 4.31. The van der Waals surface area contributed by atoms with Crippen molar-refractivity contribution >= 4 is 33.3 Å². The molecule has 1 aromatic carbocycles. The van der Waals surface area contributed by atoms with Crippen LogP contribution >= 0.6 is 11.6 Å². The monoisotopic (exact) mass is 301 g/mol. The van der Waals surface area contributed by atoms with Gasteiger partial charge in [-0.15, -0.1) is 0 Å². The molecule has 5 nitrogen and oxygen atoms in total. The molecule has 1 heterocycles. The normalized spacial score (nSPS) is 18.5. The van der Waals surface area contributed by atoms with Gasteiger partial charge in [0, 0.05) is 11.6 Å². The zero-order valence-electron chi connectivity index (χ0n) is 10.6. The minimum Gasteiger partial charge on any atom is -0.324 e. The fraction of sp³-hybridized carbons (Fsp3) is 0.417. The zero-order valence-corrected chi connectivity index (χ0v) is 12.2. The van der Waals surface area contributed by atoms with Crippen LogP contribution < -0.4 is 10.0 Å². The highest BCUT2D eigenvalue weighted by molar-refractivity contribution is 7.90. The molecule has 2 rings (SSSR count). The number of anilines is 1. The van der Waals surface area contributed by atoms with E-state index in [9.17, 15) is 8.42 Å². The fourth-order valence-electron chi connectivity index (χ4n) is 1.78. The molecule has 0 saturated heterocycles. The Morgan fingerprint density at radius 1 is 1.32 bits per heavy atom. The predicted molar refractivity (Wildman–Crippen MR) is 77.2 cm³/mol. The number of halogens is 1.